The number of allylic oxidation sites excluding steroid dienone is 1. The van der Waals surface area contributed by atoms with Crippen LogP contribution in [0.3, 0.4) is 0 Å². The lowest BCUT2D eigenvalue weighted by Crippen LogP contribution is -2.08. The number of ketones is 1. The van der Waals surface area contributed by atoms with Gasteiger partial charge in [0.15, 0.2) is 10.9 Å². The molecule has 0 N–H and O–H groups in total. The SMILES string of the molecule is C=CCn1c(Cc2cccs2)nnc1SCC(=O)c1cc(C)c(C)cc1C. The van der Waals surface area contributed by atoms with Crippen LogP contribution in [0, 0.1) is 20.8 Å². The van der Waals surface area contributed by atoms with Crippen LogP contribution in [-0.2, 0) is 13.0 Å². The Morgan fingerprint density at radius 2 is 2.00 bits per heavy atom. The van der Waals surface area contributed by atoms with Gasteiger partial charge in [-0.05, 0) is 55.0 Å². The van der Waals surface area contributed by atoms with Gasteiger partial charge in [-0.1, -0.05) is 30.0 Å². The molecule has 27 heavy (non-hydrogen) atoms. The molecule has 0 bridgehead atoms. The summed E-state index contributed by atoms with van der Waals surface area (Å²) in [6.07, 6.45) is 2.57. The molecule has 0 saturated heterocycles. The minimum absolute atomic E-state index is 0.119. The van der Waals surface area contributed by atoms with Crippen LogP contribution in [0.5, 0.6) is 0 Å². The number of Topliss-reactive ketones (excluding diaryl/α,β-unsaturated/α-hetero) is 1. The van der Waals surface area contributed by atoms with Crippen LogP contribution >= 0.6 is 23.1 Å². The van der Waals surface area contributed by atoms with Gasteiger partial charge in [0.25, 0.3) is 0 Å². The molecule has 3 rings (SSSR count). The largest absolute Gasteiger partial charge is 0.302 e. The number of carbonyl (C=O) groups is 1. The Hall–Kier alpha value is -2.18. The fraction of sp³-hybridized carbons (Fsp3) is 0.286. The van der Waals surface area contributed by atoms with E-state index in [4.69, 9.17) is 0 Å². The summed E-state index contributed by atoms with van der Waals surface area (Å²) in [5, 5.41) is 11.5. The first-order chi connectivity index (χ1) is 13.0. The second kappa shape index (κ2) is 8.67. The number of rotatable bonds is 8. The van der Waals surface area contributed by atoms with E-state index in [1.54, 1.807) is 11.3 Å². The summed E-state index contributed by atoms with van der Waals surface area (Å²) in [5.74, 6) is 1.36. The van der Waals surface area contributed by atoms with Crippen molar-refractivity contribution < 1.29 is 4.79 Å². The second-order valence-electron chi connectivity index (χ2n) is 6.52. The minimum Gasteiger partial charge on any atom is -0.302 e. The molecular formula is C21H23N3OS2. The normalized spacial score (nSPS) is 10.9. The van der Waals surface area contributed by atoms with Gasteiger partial charge in [-0.25, -0.2) is 0 Å². The maximum absolute atomic E-state index is 12.7. The number of aryl methyl sites for hydroxylation is 3. The van der Waals surface area contributed by atoms with Crippen molar-refractivity contribution in [3.63, 3.8) is 0 Å². The maximum atomic E-state index is 12.7. The van der Waals surface area contributed by atoms with Gasteiger partial charge in [-0.3, -0.25) is 4.79 Å². The van der Waals surface area contributed by atoms with E-state index in [0.717, 1.165) is 34.1 Å². The predicted octanol–water partition coefficient (Wildman–Crippen LogP) is 5.02. The summed E-state index contributed by atoms with van der Waals surface area (Å²) < 4.78 is 2.04. The summed E-state index contributed by atoms with van der Waals surface area (Å²) >= 11 is 3.14. The number of nitrogens with zero attached hydrogens (tertiary/aromatic N) is 3. The molecule has 0 spiro atoms. The minimum atomic E-state index is 0.119. The average Bonchev–Trinajstić information content (AvgIpc) is 3.28. The summed E-state index contributed by atoms with van der Waals surface area (Å²) in [6, 6.07) is 8.20. The third kappa shape index (κ3) is 4.57. The van der Waals surface area contributed by atoms with Crippen LogP contribution < -0.4 is 0 Å². The summed E-state index contributed by atoms with van der Waals surface area (Å²) in [4.78, 5) is 14.0. The molecule has 0 amide bonds. The highest BCUT2D eigenvalue weighted by Crippen LogP contribution is 2.23. The van der Waals surface area contributed by atoms with E-state index in [0.29, 0.717) is 12.3 Å². The highest BCUT2D eigenvalue weighted by atomic mass is 32.2. The van der Waals surface area contributed by atoms with E-state index < -0.39 is 0 Å². The number of hydrogen-bond donors (Lipinski definition) is 0. The molecule has 4 nitrogen and oxygen atoms in total. The zero-order valence-corrected chi connectivity index (χ0v) is 17.5. The molecule has 0 saturated carbocycles. The fourth-order valence-corrected chi connectivity index (χ4v) is 4.46. The van der Waals surface area contributed by atoms with E-state index in [2.05, 4.69) is 41.2 Å². The molecule has 3 aromatic rings. The average molecular weight is 398 g/mol. The van der Waals surface area contributed by atoms with Crippen molar-refractivity contribution in [3.05, 3.63) is 75.3 Å². The molecule has 0 aliphatic heterocycles. The molecule has 0 radical (unpaired) electrons. The van der Waals surface area contributed by atoms with Crippen LogP contribution in [-0.4, -0.2) is 26.3 Å². The highest BCUT2D eigenvalue weighted by molar-refractivity contribution is 7.99. The molecule has 0 aliphatic rings. The maximum Gasteiger partial charge on any atom is 0.191 e. The van der Waals surface area contributed by atoms with E-state index in [1.165, 1.54) is 22.2 Å². The Balaban J connectivity index is 1.75. The van der Waals surface area contributed by atoms with Crippen LogP contribution in [0.15, 0.2) is 47.5 Å². The van der Waals surface area contributed by atoms with Crippen molar-refractivity contribution >= 4 is 28.9 Å². The molecule has 2 heterocycles. The highest BCUT2D eigenvalue weighted by Gasteiger charge is 2.16. The van der Waals surface area contributed by atoms with Crippen molar-refractivity contribution in [3.8, 4) is 0 Å². The summed E-state index contributed by atoms with van der Waals surface area (Å²) in [7, 11) is 0. The molecule has 6 heteroatoms. The van der Waals surface area contributed by atoms with Crippen molar-refractivity contribution in [2.24, 2.45) is 0 Å². The fourth-order valence-electron chi connectivity index (χ4n) is 2.91. The van der Waals surface area contributed by atoms with Crippen molar-refractivity contribution in [2.45, 2.75) is 38.9 Å². The number of hydrogen-bond acceptors (Lipinski definition) is 5. The van der Waals surface area contributed by atoms with Gasteiger partial charge in [0.2, 0.25) is 0 Å². The van der Waals surface area contributed by atoms with Gasteiger partial charge in [-0.15, -0.1) is 28.1 Å². The smallest absolute Gasteiger partial charge is 0.191 e. The zero-order chi connectivity index (χ0) is 19.4. The van der Waals surface area contributed by atoms with Crippen LogP contribution in [0.4, 0.5) is 0 Å². The lowest BCUT2D eigenvalue weighted by atomic mass is 9.99. The van der Waals surface area contributed by atoms with E-state index in [-0.39, 0.29) is 5.78 Å². The van der Waals surface area contributed by atoms with Gasteiger partial charge in [0, 0.05) is 23.4 Å². The quantitative estimate of drug-likeness (QED) is 0.304. The van der Waals surface area contributed by atoms with Gasteiger partial charge < -0.3 is 4.57 Å². The Morgan fingerprint density at radius 3 is 2.70 bits per heavy atom. The third-order valence-electron chi connectivity index (χ3n) is 4.49. The van der Waals surface area contributed by atoms with Gasteiger partial charge >= 0.3 is 0 Å². The Morgan fingerprint density at radius 1 is 1.22 bits per heavy atom. The second-order valence-corrected chi connectivity index (χ2v) is 8.49. The first kappa shape index (κ1) is 19.6. The molecule has 0 aliphatic carbocycles. The zero-order valence-electron chi connectivity index (χ0n) is 15.9. The van der Waals surface area contributed by atoms with Gasteiger partial charge in [0.05, 0.1) is 5.75 Å². The van der Waals surface area contributed by atoms with Gasteiger partial charge in [-0.2, -0.15) is 0 Å². The lowest BCUT2D eigenvalue weighted by molar-refractivity contribution is 0.102. The number of thioether (sulfide) groups is 1. The van der Waals surface area contributed by atoms with Crippen LogP contribution in [0.2, 0.25) is 0 Å². The molecule has 2 aromatic heterocycles. The van der Waals surface area contributed by atoms with Crippen molar-refractivity contribution in [2.75, 3.05) is 5.75 Å². The third-order valence-corrected chi connectivity index (χ3v) is 6.33. The standard InChI is InChI=1S/C21H23N3OS2/c1-5-8-24-20(12-17-7-6-9-26-17)22-23-21(24)27-13-19(25)18-11-15(3)14(2)10-16(18)4/h5-7,9-11H,1,8,12-13H2,2-4H3. The Bertz CT molecular complexity index is 958. The van der Waals surface area contributed by atoms with Crippen molar-refractivity contribution in [1.29, 1.82) is 0 Å². The van der Waals surface area contributed by atoms with Crippen molar-refractivity contribution in [1.82, 2.24) is 14.8 Å². The molecule has 0 atom stereocenters. The predicted molar refractivity (Wildman–Crippen MR) is 113 cm³/mol. The molecule has 0 unspecified atom stereocenters. The first-order valence-corrected chi connectivity index (χ1v) is 10.6. The number of aromatic nitrogens is 3. The molecule has 0 fully saturated rings. The van der Waals surface area contributed by atoms with Gasteiger partial charge in [0.1, 0.15) is 5.82 Å². The Kier molecular flexibility index (Phi) is 6.29. The first-order valence-electron chi connectivity index (χ1n) is 8.78. The monoisotopic (exact) mass is 397 g/mol. The molecule has 140 valence electrons. The van der Waals surface area contributed by atoms with E-state index in [9.17, 15) is 4.79 Å². The number of carbonyl (C=O) groups excluding carboxylic acids is 1. The van der Waals surface area contributed by atoms with E-state index in [1.807, 2.05) is 36.6 Å². The van der Waals surface area contributed by atoms with Crippen LogP contribution in [0.1, 0.15) is 37.7 Å². The molecule has 1 aromatic carbocycles. The van der Waals surface area contributed by atoms with E-state index >= 15 is 0 Å². The molecular weight excluding hydrogens is 374 g/mol. The number of thiophene rings is 1. The number of benzene rings is 1. The Labute approximate surface area is 168 Å². The lowest BCUT2D eigenvalue weighted by Gasteiger charge is -2.10. The van der Waals surface area contributed by atoms with Crippen LogP contribution in [0.25, 0.3) is 0 Å². The summed E-state index contributed by atoms with van der Waals surface area (Å²) in [6.45, 7) is 10.6. The topological polar surface area (TPSA) is 47.8 Å². The summed E-state index contributed by atoms with van der Waals surface area (Å²) in [5.41, 5.74) is 4.16.